The summed E-state index contributed by atoms with van der Waals surface area (Å²) in [6.07, 6.45) is 3.75. The van der Waals surface area contributed by atoms with E-state index >= 15 is 0 Å². The third kappa shape index (κ3) is 44.3. The number of unbranched alkanes of at least 4 members (excludes halogenated alkanes) is 2. The first-order valence-electron chi connectivity index (χ1n) is 3.31. The number of nitrogens with zero attached hydrogens (tertiary/aromatic N) is 2. The molecule has 0 aliphatic carbocycles. The number of rotatable bonds is 3. The van der Waals surface area contributed by atoms with E-state index in [1.807, 2.05) is 0 Å². The summed E-state index contributed by atoms with van der Waals surface area (Å²) in [6.45, 7) is 3.03. The second kappa shape index (κ2) is 22.7. The van der Waals surface area contributed by atoms with Crippen LogP contribution < -0.4 is 5.73 Å². The zero-order valence-electron chi connectivity index (χ0n) is 6.71. The lowest BCUT2D eigenvalue weighted by Crippen LogP contribution is -1.96. The van der Waals surface area contributed by atoms with Crippen molar-refractivity contribution >= 4 is 17.0 Å². The van der Waals surface area contributed by atoms with Crippen molar-refractivity contribution < 1.29 is 0 Å². The Morgan fingerprint density at radius 1 is 1.18 bits per heavy atom. The fraction of sp³-hybridized carbons (Fsp3) is 0.714. The summed E-state index contributed by atoms with van der Waals surface area (Å²) < 4.78 is 0. The first-order chi connectivity index (χ1) is 4.83. The standard InChI is InChI=1S/C5H13N.C2N2.BrH/c1-2-3-4-5-6;3-1-2-4;/h2-6H2,1H3;;1H. The highest BCUT2D eigenvalue weighted by molar-refractivity contribution is 8.93. The Morgan fingerprint density at radius 3 is 1.73 bits per heavy atom. The molecule has 0 atom stereocenters. The van der Waals surface area contributed by atoms with Crippen LogP contribution in [0.5, 0.6) is 0 Å². The summed E-state index contributed by atoms with van der Waals surface area (Å²) in [4.78, 5) is 0. The molecule has 4 heteroatoms. The summed E-state index contributed by atoms with van der Waals surface area (Å²) in [5, 5.41) is 14.5. The normalized spacial score (nSPS) is 5.82. The van der Waals surface area contributed by atoms with Crippen LogP contribution in [0.25, 0.3) is 0 Å². The van der Waals surface area contributed by atoms with Crippen LogP contribution in [0.4, 0.5) is 0 Å². The molecular weight excluding hydrogens is 206 g/mol. The number of halogens is 1. The highest BCUT2D eigenvalue weighted by Gasteiger charge is 1.75. The molecule has 0 aliphatic rings. The van der Waals surface area contributed by atoms with Gasteiger partial charge in [0, 0.05) is 0 Å². The fourth-order valence-corrected chi connectivity index (χ4v) is 0.394. The summed E-state index contributed by atoms with van der Waals surface area (Å²) in [5.74, 6) is 0. The van der Waals surface area contributed by atoms with Gasteiger partial charge in [-0.15, -0.1) is 17.0 Å². The average Bonchev–Trinajstić information content (AvgIpc) is 2.01. The maximum absolute atomic E-state index is 7.26. The lowest BCUT2D eigenvalue weighted by Gasteiger charge is -1.86. The molecule has 0 aromatic heterocycles. The van der Waals surface area contributed by atoms with Crippen molar-refractivity contribution in [1.29, 1.82) is 10.5 Å². The second-order valence-corrected chi connectivity index (χ2v) is 1.72. The molecule has 0 saturated carbocycles. The molecule has 0 aromatic carbocycles. The van der Waals surface area contributed by atoms with E-state index in [-0.39, 0.29) is 17.0 Å². The highest BCUT2D eigenvalue weighted by atomic mass is 79.9. The molecule has 0 radical (unpaired) electrons. The van der Waals surface area contributed by atoms with E-state index in [9.17, 15) is 0 Å². The van der Waals surface area contributed by atoms with E-state index in [1.165, 1.54) is 31.4 Å². The molecule has 2 N–H and O–H groups in total. The van der Waals surface area contributed by atoms with Gasteiger partial charge in [-0.25, -0.2) is 0 Å². The molecular formula is C7H14BrN3. The van der Waals surface area contributed by atoms with Gasteiger partial charge in [0.1, 0.15) is 0 Å². The first-order valence-corrected chi connectivity index (χ1v) is 3.31. The lowest BCUT2D eigenvalue weighted by molar-refractivity contribution is 0.727. The third-order valence-corrected chi connectivity index (χ3v) is 0.858. The summed E-state index contributed by atoms with van der Waals surface area (Å²) in [6, 6.07) is 2.47. The quantitative estimate of drug-likeness (QED) is 0.736. The molecule has 0 heterocycles. The molecule has 0 unspecified atom stereocenters. The Balaban J connectivity index is -0.000000114. The van der Waals surface area contributed by atoms with E-state index in [0.29, 0.717) is 0 Å². The minimum Gasteiger partial charge on any atom is -0.330 e. The van der Waals surface area contributed by atoms with Crippen molar-refractivity contribution in [3.63, 3.8) is 0 Å². The SMILES string of the molecule is Br.CCCCCN.N#CC#N. The van der Waals surface area contributed by atoms with E-state index < -0.39 is 0 Å². The van der Waals surface area contributed by atoms with Gasteiger partial charge in [-0.2, -0.15) is 10.5 Å². The number of nitriles is 2. The Hall–Kier alpha value is -0.580. The Kier molecular flexibility index (Phi) is 34.7. The molecule has 0 saturated heterocycles. The zero-order valence-corrected chi connectivity index (χ0v) is 8.42. The van der Waals surface area contributed by atoms with Crippen LogP contribution in [0, 0.1) is 22.7 Å². The van der Waals surface area contributed by atoms with Gasteiger partial charge in [0.15, 0.2) is 12.1 Å². The summed E-state index contributed by atoms with van der Waals surface area (Å²) >= 11 is 0. The summed E-state index contributed by atoms with van der Waals surface area (Å²) in [5.41, 5.74) is 5.21. The van der Waals surface area contributed by atoms with Crippen LogP contribution >= 0.6 is 17.0 Å². The Morgan fingerprint density at radius 2 is 1.64 bits per heavy atom. The molecule has 0 bridgehead atoms. The van der Waals surface area contributed by atoms with Gasteiger partial charge < -0.3 is 5.73 Å². The van der Waals surface area contributed by atoms with Crippen molar-refractivity contribution in [2.75, 3.05) is 6.54 Å². The van der Waals surface area contributed by atoms with Gasteiger partial charge >= 0.3 is 0 Å². The molecule has 3 nitrogen and oxygen atoms in total. The molecule has 0 rings (SSSR count). The zero-order chi connectivity index (χ0) is 8.24. The number of nitrogens with two attached hydrogens (primary N) is 1. The van der Waals surface area contributed by atoms with Crippen LogP contribution in [0.1, 0.15) is 26.2 Å². The van der Waals surface area contributed by atoms with E-state index in [2.05, 4.69) is 6.92 Å². The first kappa shape index (κ1) is 16.8. The molecule has 0 aliphatic heterocycles. The minimum atomic E-state index is 0. The molecule has 11 heavy (non-hydrogen) atoms. The topological polar surface area (TPSA) is 73.6 Å². The van der Waals surface area contributed by atoms with Gasteiger partial charge in [0.25, 0.3) is 0 Å². The smallest absolute Gasteiger partial charge is 0.181 e. The third-order valence-electron chi connectivity index (χ3n) is 0.858. The van der Waals surface area contributed by atoms with Gasteiger partial charge in [0.05, 0.1) is 0 Å². The minimum absolute atomic E-state index is 0. The van der Waals surface area contributed by atoms with Crippen molar-refractivity contribution in [3.8, 4) is 12.1 Å². The van der Waals surface area contributed by atoms with Gasteiger partial charge in [0.2, 0.25) is 0 Å². The largest absolute Gasteiger partial charge is 0.330 e. The molecule has 64 valence electrons. The van der Waals surface area contributed by atoms with E-state index in [4.69, 9.17) is 16.3 Å². The van der Waals surface area contributed by atoms with Gasteiger partial charge in [-0.3, -0.25) is 0 Å². The fourth-order valence-electron chi connectivity index (χ4n) is 0.394. The number of hydrogen-bond donors (Lipinski definition) is 1. The predicted octanol–water partition coefficient (Wildman–Crippen LogP) is 1.75. The van der Waals surface area contributed by atoms with Gasteiger partial charge in [-0.05, 0) is 13.0 Å². The second-order valence-electron chi connectivity index (χ2n) is 1.72. The van der Waals surface area contributed by atoms with Crippen molar-refractivity contribution in [2.45, 2.75) is 26.2 Å². The lowest BCUT2D eigenvalue weighted by atomic mass is 10.3. The van der Waals surface area contributed by atoms with Crippen molar-refractivity contribution in [2.24, 2.45) is 5.73 Å². The maximum Gasteiger partial charge on any atom is 0.181 e. The average molecular weight is 220 g/mol. The predicted molar refractivity (Wildman–Crippen MR) is 50.1 cm³/mol. The van der Waals surface area contributed by atoms with Crippen LogP contribution in [0.15, 0.2) is 0 Å². The van der Waals surface area contributed by atoms with E-state index in [1.54, 1.807) is 0 Å². The Bertz CT molecular complexity index is 107. The van der Waals surface area contributed by atoms with Crippen LogP contribution in [0.2, 0.25) is 0 Å². The molecule has 0 fully saturated rings. The number of hydrogen-bond acceptors (Lipinski definition) is 3. The van der Waals surface area contributed by atoms with Crippen molar-refractivity contribution in [3.05, 3.63) is 0 Å². The maximum atomic E-state index is 7.26. The monoisotopic (exact) mass is 219 g/mol. The van der Waals surface area contributed by atoms with Crippen LogP contribution in [-0.2, 0) is 0 Å². The van der Waals surface area contributed by atoms with Crippen LogP contribution in [-0.4, -0.2) is 6.54 Å². The Labute approximate surface area is 78.6 Å². The molecule has 0 amide bonds. The molecule has 0 spiro atoms. The van der Waals surface area contributed by atoms with Crippen LogP contribution in [0.3, 0.4) is 0 Å². The van der Waals surface area contributed by atoms with E-state index in [0.717, 1.165) is 6.54 Å². The van der Waals surface area contributed by atoms with Crippen molar-refractivity contribution in [1.82, 2.24) is 0 Å². The van der Waals surface area contributed by atoms with Gasteiger partial charge in [-0.1, -0.05) is 19.8 Å². The summed E-state index contributed by atoms with van der Waals surface area (Å²) in [7, 11) is 0. The highest BCUT2D eigenvalue weighted by Crippen LogP contribution is 1.88. The molecule has 0 aromatic rings.